The maximum atomic E-state index is 6.20. The fraction of sp³-hybridized carbons (Fsp3) is 0.158. The van der Waals surface area contributed by atoms with Crippen LogP contribution in [0.4, 0.5) is 0 Å². The van der Waals surface area contributed by atoms with Gasteiger partial charge in [-0.3, -0.25) is 0 Å². The monoisotopic (exact) mass is 308 g/mol. The molecule has 1 N–H and O–H groups in total. The molecule has 3 aromatic rings. The summed E-state index contributed by atoms with van der Waals surface area (Å²) >= 11 is 6.20. The normalized spacial score (nSPS) is 16.7. The lowest BCUT2D eigenvalue weighted by atomic mass is 10.0. The Morgan fingerprint density at radius 1 is 1.09 bits per heavy atom. The summed E-state index contributed by atoms with van der Waals surface area (Å²) in [5, 5.41) is 4.44. The van der Waals surface area contributed by atoms with E-state index in [0.717, 1.165) is 17.3 Å². The summed E-state index contributed by atoms with van der Waals surface area (Å²) in [6, 6.07) is 19.3. The van der Waals surface area contributed by atoms with E-state index in [1.807, 2.05) is 12.1 Å². The molecule has 0 saturated heterocycles. The smallest absolute Gasteiger partial charge is 0.0737 e. The molecule has 0 bridgehead atoms. The number of nitrogens with zero attached hydrogens (tertiary/aromatic N) is 1. The van der Waals surface area contributed by atoms with Crippen molar-refractivity contribution in [1.82, 2.24) is 9.88 Å². The maximum Gasteiger partial charge on any atom is 0.0737 e. The highest BCUT2D eigenvalue weighted by molar-refractivity contribution is 6.30. The van der Waals surface area contributed by atoms with Crippen molar-refractivity contribution in [1.29, 1.82) is 0 Å². The predicted octanol–water partition coefficient (Wildman–Crippen LogP) is 4.63. The molecular weight excluding hydrogens is 292 g/mol. The van der Waals surface area contributed by atoms with Gasteiger partial charge in [-0.1, -0.05) is 47.5 Å². The zero-order chi connectivity index (χ0) is 15.1. The number of aryl methyl sites for hydroxylation is 1. The second-order valence-electron chi connectivity index (χ2n) is 5.80. The van der Waals surface area contributed by atoms with Crippen LogP contribution in [0.3, 0.4) is 0 Å². The van der Waals surface area contributed by atoms with Gasteiger partial charge in [-0.15, -0.1) is 0 Å². The van der Waals surface area contributed by atoms with E-state index in [2.05, 4.69) is 65.5 Å². The Morgan fingerprint density at radius 2 is 1.91 bits per heavy atom. The van der Waals surface area contributed by atoms with Crippen LogP contribution in [0.1, 0.15) is 28.4 Å². The number of nitrogens with one attached hydrogen (secondary N) is 1. The van der Waals surface area contributed by atoms with Crippen LogP contribution >= 0.6 is 11.6 Å². The van der Waals surface area contributed by atoms with Gasteiger partial charge in [0.1, 0.15) is 0 Å². The molecule has 2 aromatic carbocycles. The van der Waals surface area contributed by atoms with E-state index in [1.54, 1.807) is 0 Å². The van der Waals surface area contributed by atoms with Crippen molar-refractivity contribution in [2.75, 3.05) is 0 Å². The average molecular weight is 309 g/mol. The summed E-state index contributed by atoms with van der Waals surface area (Å²) in [5.41, 5.74) is 6.23. The van der Waals surface area contributed by atoms with Gasteiger partial charge >= 0.3 is 0 Å². The first-order valence-corrected chi connectivity index (χ1v) is 7.86. The van der Waals surface area contributed by atoms with E-state index >= 15 is 0 Å². The van der Waals surface area contributed by atoms with Gasteiger partial charge in [0, 0.05) is 23.5 Å². The molecule has 0 saturated carbocycles. The number of hydrogen-bond acceptors (Lipinski definition) is 1. The van der Waals surface area contributed by atoms with Crippen molar-refractivity contribution in [3.8, 4) is 5.69 Å². The second kappa shape index (κ2) is 5.31. The molecular formula is C19H17ClN2. The summed E-state index contributed by atoms with van der Waals surface area (Å²) in [6.45, 7) is 2.94. The minimum Gasteiger partial charge on any atom is -0.319 e. The molecule has 22 heavy (non-hydrogen) atoms. The van der Waals surface area contributed by atoms with Crippen molar-refractivity contribution in [2.24, 2.45) is 0 Å². The maximum absolute atomic E-state index is 6.20. The fourth-order valence-electron chi connectivity index (χ4n) is 3.12. The Kier molecular flexibility index (Phi) is 3.29. The van der Waals surface area contributed by atoms with Crippen LogP contribution in [-0.2, 0) is 6.54 Å². The van der Waals surface area contributed by atoms with E-state index in [1.165, 1.54) is 22.4 Å². The molecule has 1 aromatic heterocycles. The Labute approximate surface area is 135 Å². The van der Waals surface area contributed by atoms with Gasteiger partial charge in [-0.2, -0.15) is 0 Å². The van der Waals surface area contributed by atoms with E-state index in [-0.39, 0.29) is 6.04 Å². The van der Waals surface area contributed by atoms with Gasteiger partial charge < -0.3 is 9.88 Å². The summed E-state index contributed by atoms with van der Waals surface area (Å²) in [6.07, 6.45) is 2.11. The number of fused-ring (bicyclic) bond motifs is 3. The number of rotatable bonds is 1. The molecule has 0 radical (unpaired) electrons. The lowest BCUT2D eigenvalue weighted by Gasteiger charge is -2.18. The lowest BCUT2D eigenvalue weighted by Crippen LogP contribution is -2.21. The van der Waals surface area contributed by atoms with Gasteiger partial charge in [0.05, 0.1) is 11.7 Å². The van der Waals surface area contributed by atoms with Crippen LogP contribution in [0.2, 0.25) is 5.02 Å². The Morgan fingerprint density at radius 3 is 2.73 bits per heavy atom. The van der Waals surface area contributed by atoms with Gasteiger partial charge in [0.15, 0.2) is 0 Å². The van der Waals surface area contributed by atoms with Crippen molar-refractivity contribution >= 4 is 11.6 Å². The fourth-order valence-corrected chi connectivity index (χ4v) is 3.29. The van der Waals surface area contributed by atoms with E-state index in [9.17, 15) is 0 Å². The summed E-state index contributed by atoms with van der Waals surface area (Å²) < 4.78 is 2.24. The first-order chi connectivity index (χ1) is 10.7. The lowest BCUT2D eigenvalue weighted by molar-refractivity contribution is 0.601. The molecule has 4 rings (SSSR count). The number of aromatic nitrogens is 1. The molecule has 3 heteroatoms. The van der Waals surface area contributed by atoms with Gasteiger partial charge in [-0.05, 0) is 42.3 Å². The summed E-state index contributed by atoms with van der Waals surface area (Å²) in [5.74, 6) is 0. The number of halogens is 1. The third-order valence-corrected chi connectivity index (χ3v) is 4.53. The van der Waals surface area contributed by atoms with Crippen LogP contribution in [-0.4, -0.2) is 4.57 Å². The van der Waals surface area contributed by atoms with E-state index in [4.69, 9.17) is 11.6 Å². The highest BCUT2D eigenvalue weighted by Crippen LogP contribution is 2.31. The van der Waals surface area contributed by atoms with Gasteiger partial charge in [-0.25, -0.2) is 0 Å². The molecule has 1 aliphatic rings. The third-order valence-electron chi connectivity index (χ3n) is 4.29. The van der Waals surface area contributed by atoms with Crippen LogP contribution in [0, 0.1) is 6.92 Å². The van der Waals surface area contributed by atoms with Crippen LogP contribution in [0.5, 0.6) is 0 Å². The Balaban J connectivity index is 1.86. The van der Waals surface area contributed by atoms with Gasteiger partial charge in [0.25, 0.3) is 0 Å². The first kappa shape index (κ1) is 13.6. The average Bonchev–Trinajstić information content (AvgIpc) is 2.94. The van der Waals surface area contributed by atoms with Crippen molar-refractivity contribution in [3.63, 3.8) is 0 Å². The molecule has 1 unspecified atom stereocenters. The summed E-state index contributed by atoms with van der Waals surface area (Å²) in [4.78, 5) is 0. The number of hydrogen-bond donors (Lipinski definition) is 1. The van der Waals surface area contributed by atoms with Crippen LogP contribution in [0.25, 0.3) is 5.69 Å². The number of benzene rings is 2. The molecule has 1 aliphatic heterocycles. The molecule has 2 heterocycles. The first-order valence-electron chi connectivity index (χ1n) is 7.48. The summed E-state index contributed by atoms with van der Waals surface area (Å²) in [7, 11) is 0. The molecule has 0 spiro atoms. The van der Waals surface area contributed by atoms with Crippen LogP contribution in [0.15, 0.2) is 60.8 Å². The van der Waals surface area contributed by atoms with Crippen molar-refractivity contribution < 1.29 is 0 Å². The van der Waals surface area contributed by atoms with E-state index < -0.39 is 0 Å². The quantitative estimate of drug-likeness (QED) is 0.693. The zero-order valence-corrected chi connectivity index (χ0v) is 13.1. The Hall–Kier alpha value is -2.03. The highest BCUT2D eigenvalue weighted by atomic mass is 35.5. The zero-order valence-electron chi connectivity index (χ0n) is 12.4. The van der Waals surface area contributed by atoms with Crippen molar-refractivity contribution in [2.45, 2.75) is 19.5 Å². The van der Waals surface area contributed by atoms with Crippen molar-refractivity contribution in [3.05, 3.63) is 88.2 Å². The second-order valence-corrected chi connectivity index (χ2v) is 6.24. The molecule has 1 atom stereocenters. The molecule has 110 valence electrons. The largest absolute Gasteiger partial charge is 0.319 e. The molecule has 2 nitrogen and oxygen atoms in total. The minimum atomic E-state index is 0.182. The topological polar surface area (TPSA) is 17.0 Å². The molecule has 0 fully saturated rings. The highest BCUT2D eigenvalue weighted by Gasteiger charge is 2.22. The predicted molar refractivity (Wildman–Crippen MR) is 90.6 cm³/mol. The van der Waals surface area contributed by atoms with E-state index in [0.29, 0.717) is 0 Å². The SMILES string of the molecule is Cc1ccc(C2NCc3ccc(Cl)cc3-n3cccc32)cc1. The standard InChI is InChI=1S/C19H17ClN2/c1-13-4-6-14(7-5-13)19-17-3-2-10-22(17)18-11-16(20)9-8-15(18)12-21-19/h2-11,19,21H,12H2,1H3. The molecule has 0 amide bonds. The third kappa shape index (κ3) is 2.25. The Bertz CT molecular complexity index is 818. The van der Waals surface area contributed by atoms with Crippen LogP contribution < -0.4 is 5.32 Å². The van der Waals surface area contributed by atoms with Gasteiger partial charge in [0.2, 0.25) is 0 Å². The molecule has 0 aliphatic carbocycles. The minimum absolute atomic E-state index is 0.182.